The molecule has 0 atom stereocenters. The molecule has 0 spiro atoms. The quantitative estimate of drug-likeness (QED) is 0.366. The Morgan fingerprint density at radius 1 is 0.963 bits per heavy atom. The summed E-state index contributed by atoms with van der Waals surface area (Å²) >= 11 is 1.43. The molecule has 3 aromatic carbocycles. The van der Waals surface area contributed by atoms with Crippen LogP contribution in [-0.2, 0) is 5.75 Å². The van der Waals surface area contributed by atoms with Crippen molar-refractivity contribution in [2.45, 2.75) is 17.8 Å². The third-order valence-corrected chi connectivity index (χ3v) is 5.44. The van der Waals surface area contributed by atoms with E-state index < -0.39 is 5.82 Å². The summed E-state index contributed by atoms with van der Waals surface area (Å²) in [7, 11) is 0. The Kier molecular flexibility index (Phi) is 4.77. The minimum absolute atomic E-state index is 0.216. The molecule has 0 aliphatic carbocycles. The van der Waals surface area contributed by atoms with Gasteiger partial charge in [0.15, 0.2) is 5.16 Å². The van der Waals surface area contributed by atoms with Crippen molar-refractivity contribution in [2.24, 2.45) is 0 Å². The van der Waals surface area contributed by atoms with Gasteiger partial charge in [0.25, 0.3) is 5.56 Å². The van der Waals surface area contributed by atoms with Crippen LogP contribution in [0.2, 0.25) is 0 Å². The number of hydrogen-bond acceptors (Lipinski definition) is 3. The van der Waals surface area contributed by atoms with Gasteiger partial charge in [-0.3, -0.25) is 9.36 Å². The van der Waals surface area contributed by atoms with Crippen molar-refractivity contribution in [1.29, 1.82) is 0 Å². The van der Waals surface area contributed by atoms with E-state index in [2.05, 4.69) is 11.1 Å². The Labute approximate surface area is 160 Å². The fourth-order valence-corrected chi connectivity index (χ4v) is 4.05. The first-order valence-corrected chi connectivity index (χ1v) is 9.58. The van der Waals surface area contributed by atoms with Gasteiger partial charge < -0.3 is 0 Å². The second-order valence-corrected chi connectivity index (χ2v) is 7.16. The van der Waals surface area contributed by atoms with E-state index in [1.807, 2.05) is 31.2 Å². The Bertz CT molecular complexity index is 1190. The van der Waals surface area contributed by atoms with E-state index in [9.17, 15) is 9.18 Å². The lowest BCUT2D eigenvalue weighted by Crippen LogP contribution is -2.22. The zero-order chi connectivity index (χ0) is 18.8. The van der Waals surface area contributed by atoms with Crippen LogP contribution in [-0.4, -0.2) is 9.55 Å². The van der Waals surface area contributed by atoms with Gasteiger partial charge in [0, 0.05) is 5.75 Å². The van der Waals surface area contributed by atoms with Crippen LogP contribution in [0.25, 0.3) is 16.6 Å². The van der Waals surface area contributed by atoms with Crippen LogP contribution in [0.4, 0.5) is 4.39 Å². The van der Waals surface area contributed by atoms with Gasteiger partial charge in [-0.25, -0.2) is 9.37 Å². The molecule has 1 aromatic heterocycles. The van der Waals surface area contributed by atoms with E-state index in [1.165, 1.54) is 28.0 Å². The number of rotatable bonds is 4. The topological polar surface area (TPSA) is 34.9 Å². The molecular formula is C22H17FN2OS. The zero-order valence-electron chi connectivity index (χ0n) is 14.7. The highest BCUT2D eigenvalue weighted by atomic mass is 32.2. The van der Waals surface area contributed by atoms with Gasteiger partial charge in [0.05, 0.1) is 16.6 Å². The van der Waals surface area contributed by atoms with Gasteiger partial charge in [-0.15, -0.1) is 0 Å². The average molecular weight is 376 g/mol. The summed E-state index contributed by atoms with van der Waals surface area (Å²) in [4.78, 5) is 17.8. The molecule has 0 unspecified atom stereocenters. The summed E-state index contributed by atoms with van der Waals surface area (Å²) < 4.78 is 15.8. The molecule has 0 saturated carbocycles. The zero-order valence-corrected chi connectivity index (χ0v) is 15.5. The Morgan fingerprint density at radius 2 is 1.67 bits per heavy atom. The number of aromatic nitrogens is 2. The van der Waals surface area contributed by atoms with Crippen molar-refractivity contribution in [3.63, 3.8) is 0 Å². The molecule has 0 aliphatic heterocycles. The first-order chi connectivity index (χ1) is 13.1. The molecule has 0 aliphatic rings. The Balaban J connectivity index is 1.88. The summed E-state index contributed by atoms with van der Waals surface area (Å²) in [5.41, 5.74) is 2.89. The molecule has 0 N–H and O–H groups in total. The smallest absolute Gasteiger partial charge is 0.266 e. The van der Waals surface area contributed by atoms with Crippen LogP contribution in [0.5, 0.6) is 0 Å². The highest BCUT2D eigenvalue weighted by Gasteiger charge is 2.16. The second kappa shape index (κ2) is 7.37. The number of para-hydroxylation sites is 2. The van der Waals surface area contributed by atoms with Gasteiger partial charge in [-0.05, 0) is 42.3 Å². The minimum atomic E-state index is -0.450. The molecule has 1 heterocycles. The highest BCUT2D eigenvalue weighted by Crippen LogP contribution is 2.26. The van der Waals surface area contributed by atoms with Crippen LogP contribution < -0.4 is 5.56 Å². The number of halogens is 1. The van der Waals surface area contributed by atoms with E-state index in [-0.39, 0.29) is 11.2 Å². The van der Waals surface area contributed by atoms with Crippen molar-refractivity contribution in [1.82, 2.24) is 9.55 Å². The molecule has 134 valence electrons. The van der Waals surface area contributed by atoms with Gasteiger partial charge in [0.1, 0.15) is 5.82 Å². The van der Waals surface area contributed by atoms with Crippen molar-refractivity contribution in [3.05, 3.63) is 100 Å². The molecule has 4 rings (SSSR count). The van der Waals surface area contributed by atoms with Crippen LogP contribution in [0.15, 0.2) is 82.7 Å². The maximum absolute atomic E-state index is 14.5. The summed E-state index contributed by atoms with van der Waals surface area (Å²) in [5, 5.41) is 0.952. The highest BCUT2D eigenvalue weighted by molar-refractivity contribution is 7.98. The van der Waals surface area contributed by atoms with Gasteiger partial charge >= 0.3 is 0 Å². The van der Waals surface area contributed by atoms with E-state index >= 15 is 0 Å². The Morgan fingerprint density at radius 3 is 2.48 bits per heavy atom. The third kappa shape index (κ3) is 3.38. The number of nitrogens with zero attached hydrogens (tertiary/aromatic N) is 2. The normalized spacial score (nSPS) is 11.0. The minimum Gasteiger partial charge on any atom is -0.268 e. The average Bonchev–Trinajstić information content (AvgIpc) is 2.68. The first kappa shape index (κ1) is 17.5. The number of thioether (sulfide) groups is 1. The summed E-state index contributed by atoms with van der Waals surface area (Å²) in [6, 6.07) is 21.5. The summed E-state index contributed by atoms with van der Waals surface area (Å²) in [6.07, 6.45) is 0. The standard InChI is InChI=1S/C22H17FN2OS/c1-15-8-2-3-9-16(15)14-27-22-24-19-12-6-4-10-17(19)21(26)25(22)20-13-7-5-11-18(20)23/h2-13H,14H2,1H3. The maximum Gasteiger partial charge on any atom is 0.266 e. The van der Waals surface area contributed by atoms with Crippen molar-refractivity contribution < 1.29 is 4.39 Å². The van der Waals surface area contributed by atoms with Crippen LogP contribution in [0, 0.1) is 12.7 Å². The largest absolute Gasteiger partial charge is 0.268 e. The van der Waals surface area contributed by atoms with E-state index in [1.54, 1.807) is 36.4 Å². The number of benzene rings is 3. The van der Waals surface area contributed by atoms with Crippen molar-refractivity contribution in [3.8, 4) is 5.69 Å². The van der Waals surface area contributed by atoms with E-state index in [0.29, 0.717) is 21.8 Å². The molecule has 0 radical (unpaired) electrons. The first-order valence-electron chi connectivity index (χ1n) is 8.59. The fraction of sp³-hybridized carbons (Fsp3) is 0.0909. The van der Waals surface area contributed by atoms with Gasteiger partial charge in [0.2, 0.25) is 0 Å². The predicted octanol–water partition coefficient (Wildman–Crippen LogP) is 5.13. The van der Waals surface area contributed by atoms with E-state index in [4.69, 9.17) is 0 Å². The lowest BCUT2D eigenvalue weighted by Gasteiger charge is -2.14. The predicted molar refractivity (Wildman–Crippen MR) is 108 cm³/mol. The van der Waals surface area contributed by atoms with Crippen LogP contribution in [0.1, 0.15) is 11.1 Å². The maximum atomic E-state index is 14.5. The SMILES string of the molecule is Cc1ccccc1CSc1nc2ccccc2c(=O)n1-c1ccccc1F. The van der Waals surface area contributed by atoms with Crippen LogP contribution >= 0.6 is 11.8 Å². The number of aryl methyl sites for hydroxylation is 1. The molecule has 0 bridgehead atoms. The molecule has 0 saturated heterocycles. The van der Waals surface area contributed by atoms with Crippen molar-refractivity contribution >= 4 is 22.7 Å². The van der Waals surface area contributed by atoms with E-state index in [0.717, 1.165) is 5.56 Å². The molecular weight excluding hydrogens is 359 g/mol. The molecule has 4 aromatic rings. The molecule has 27 heavy (non-hydrogen) atoms. The number of fused-ring (bicyclic) bond motifs is 1. The van der Waals surface area contributed by atoms with Gasteiger partial charge in [-0.2, -0.15) is 0 Å². The second-order valence-electron chi connectivity index (χ2n) is 6.22. The summed E-state index contributed by atoms with van der Waals surface area (Å²) in [5.74, 6) is 0.195. The molecule has 0 fully saturated rings. The van der Waals surface area contributed by atoms with Crippen LogP contribution in [0.3, 0.4) is 0 Å². The molecule has 5 heteroatoms. The molecule has 0 amide bonds. The fourth-order valence-electron chi connectivity index (χ4n) is 2.97. The Hall–Kier alpha value is -2.92. The monoisotopic (exact) mass is 376 g/mol. The van der Waals surface area contributed by atoms with Gasteiger partial charge in [-0.1, -0.05) is 60.3 Å². The lowest BCUT2D eigenvalue weighted by atomic mass is 10.1. The summed E-state index contributed by atoms with van der Waals surface area (Å²) in [6.45, 7) is 2.05. The third-order valence-electron chi connectivity index (χ3n) is 4.46. The number of hydrogen-bond donors (Lipinski definition) is 0. The lowest BCUT2D eigenvalue weighted by molar-refractivity contribution is 0.608. The molecule has 3 nitrogen and oxygen atoms in total. The van der Waals surface area contributed by atoms with Crippen molar-refractivity contribution in [2.75, 3.05) is 0 Å².